The van der Waals surface area contributed by atoms with Gasteiger partial charge in [0.15, 0.2) is 0 Å². The molecule has 3 heterocycles. The molecule has 1 aromatic rings. The van der Waals surface area contributed by atoms with Crippen LogP contribution in [0.5, 0.6) is 0 Å². The molecule has 2 aliphatic heterocycles. The molecule has 0 aromatic carbocycles. The summed E-state index contributed by atoms with van der Waals surface area (Å²) in [6.07, 6.45) is 6.47. The summed E-state index contributed by atoms with van der Waals surface area (Å²) in [6, 6.07) is 0.402. The van der Waals surface area contributed by atoms with Gasteiger partial charge in [0, 0.05) is 18.4 Å². The van der Waals surface area contributed by atoms with Crippen LogP contribution in [0.4, 0.5) is 5.95 Å². The average molecular weight is 286 g/mol. The highest BCUT2D eigenvalue weighted by molar-refractivity contribution is 7.99. The zero-order valence-electron chi connectivity index (χ0n) is 10.1. The number of nitrogens with zero attached hydrogens (tertiary/aromatic N) is 2. The Morgan fingerprint density at radius 3 is 3.00 bits per heavy atom. The molecule has 0 amide bonds. The van der Waals surface area contributed by atoms with Gasteiger partial charge in [-0.25, -0.2) is 9.97 Å². The maximum Gasteiger partial charge on any atom is 0.222 e. The number of rotatable bonds is 2. The maximum absolute atomic E-state index is 5.99. The van der Waals surface area contributed by atoms with Crippen molar-refractivity contribution in [3.63, 3.8) is 0 Å². The highest BCUT2D eigenvalue weighted by Gasteiger charge is 2.40. The van der Waals surface area contributed by atoms with Gasteiger partial charge in [0.1, 0.15) is 0 Å². The number of anilines is 1. The summed E-state index contributed by atoms with van der Waals surface area (Å²) in [5, 5.41) is 3.96. The second-order valence-corrected chi connectivity index (χ2v) is 6.43. The molecule has 1 aromatic heterocycles. The van der Waals surface area contributed by atoms with E-state index < -0.39 is 0 Å². The Hall–Kier alpha value is -0.520. The van der Waals surface area contributed by atoms with Gasteiger partial charge in [-0.05, 0) is 25.0 Å². The van der Waals surface area contributed by atoms with Crippen LogP contribution in [0, 0.1) is 0 Å². The van der Waals surface area contributed by atoms with E-state index in [-0.39, 0.29) is 5.60 Å². The molecule has 0 radical (unpaired) electrons. The third-order valence-corrected chi connectivity index (χ3v) is 4.93. The summed E-state index contributed by atoms with van der Waals surface area (Å²) in [4.78, 5) is 8.37. The molecule has 2 fully saturated rings. The fourth-order valence-corrected chi connectivity index (χ4v) is 4.06. The fraction of sp³-hybridized carbons (Fsp3) is 0.667. The summed E-state index contributed by atoms with van der Waals surface area (Å²) in [5.41, 5.74) is 0.0903. The molecular weight excluding hydrogens is 270 g/mol. The normalized spacial score (nSPS) is 31.7. The van der Waals surface area contributed by atoms with E-state index in [9.17, 15) is 0 Å². The van der Waals surface area contributed by atoms with Crippen molar-refractivity contribution in [2.75, 3.05) is 23.4 Å². The Morgan fingerprint density at radius 2 is 2.28 bits per heavy atom. The number of halogens is 1. The molecule has 1 spiro atoms. The minimum atomic E-state index is 0.0903. The zero-order valence-corrected chi connectivity index (χ0v) is 11.6. The van der Waals surface area contributed by atoms with Crippen LogP contribution in [0.1, 0.15) is 19.3 Å². The van der Waals surface area contributed by atoms with Crippen molar-refractivity contribution in [2.45, 2.75) is 30.9 Å². The third-order valence-electron chi connectivity index (χ3n) is 3.51. The standard InChI is InChI=1S/C12H16ClN3OS/c13-9-6-14-11(15-7-9)16-10-1-3-17-12(5-10)2-4-18-8-12/h6-7,10H,1-5,8H2,(H,14,15,16)/t10-,12-/m0/s1. The number of hydrogen-bond acceptors (Lipinski definition) is 5. The van der Waals surface area contributed by atoms with Gasteiger partial charge in [0.05, 0.1) is 23.0 Å². The highest BCUT2D eigenvalue weighted by atomic mass is 35.5. The van der Waals surface area contributed by atoms with E-state index in [1.165, 1.54) is 5.75 Å². The molecule has 0 bridgehead atoms. The van der Waals surface area contributed by atoms with Gasteiger partial charge >= 0.3 is 0 Å². The first-order chi connectivity index (χ1) is 8.76. The second kappa shape index (κ2) is 5.23. The van der Waals surface area contributed by atoms with Crippen molar-refractivity contribution >= 4 is 29.3 Å². The first kappa shape index (κ1) is 12.5. The van der Waals surface area contributed by atoms with Crippen LogP contribution in [0.15, 0.2) is 12.4 Å². The van der Waals surface area contributed by atoms with Gasteiger partial charge in [-0.2, -0.15) is 11.8 Å². The van der Waals surface area contributed by atoms with Crippen LogP contribution >= 0.6 is 23.4 Å². The molecule has 98 valence electrons. The van der Waals surface area contributed by atoms with Crippen LogP contribution in [-0.2, 0) is 4.74 Å². The summed E-state index contributed by atoms with van der Waals surface area (Å²) in [6.45, 7) is 0.825. The molecule has 18 heavy (non-hydrogen) atoms. The Morgan fingerprint density at radius 1 is 1.44 bits per heavy atom. The molecule has 6 heteroatoms. The van der Waals surface area contributed by atoms with Gasteiger partial charge < -0.3 is 10.1 Å². The van der Waals surface area contributed by atoms with E-state index >= 15 is 0 Å². The van der Waals surface area contributed by atoms with Crippen molar-refractivity contribution in [1.29, 1.82) is 0 Å². The highest BCUT2D eigenvalue weighted by Crippen LogP contribution is 2.38. The lowest BCUT2D eigenvalue weighted by molar-refractivity contribution is -0.0628. The Labute approximate surface area is 116 Å². The molecule has 3 rings (SSSR count). The fourth-order valence-electron chi connectivity index (χ4n) is 2.58. The Kier molecular flexibility index (Phi) is 3.63. The molecule has 2 aliphatic rings. The number of ether oxygens (including phenoxy) is 1. The topological polar surface area (TPSA) is 47.0 Å². The summed E-state index contributed by atoms with van der Waals surface area (Å²) in [5.74, 6) is 2.99. The molecule has 0 saturated carbocycles. The first-order valence-corrected chi connectivity index (χ1v) is 7.75. The first-order valence-electron chi connectivity index (χ1n) is 6.22. The van der Waals surface area contributed by atoms with E-state index in [1.807, 2.05) is 11.8 Å². The van der Waals surface area contributed by atoms with Crippen molar-refractivity contribution in [3.05, 3.63) is 17.4 Å². The average Bonchev–Trinajstić information content (AvgIpc) is 2.80. The number of aromatic nitrogens is 2. The van der Waals surface area contributed by atoms with Gasteiger partial charge in [0.25, 0.3) is 0 Å². The van der Waals surface area contributed by atoms with Crippen LogP contribution in [0.25, 0.3) is 0 Å². The van der Waals surface area contributed by atoms with E-state index in [4.69, 9.17) is 16.3 Å². The summed E-state index contributed by atoms with van der Waals surface area (Å²) >= 11 is 7.77. The Bertz CT molecular complexity index is 408. The number of thioether (sulfide) groups is 1. The van der Waals surface area contributed by atoms with Crippen molar-refractivity contribution < 1.29 is 4.74 Å². The van der Waals surface area contributed by atoms with Gasteiger partial charge in [-0.3, -0.25) is 0 Å². The third kappa shape index (κ3) is 2.73. The van der Waals surface area contributed by atoms with Crippen molar-refractivity contribution in [1.82, 2.24) is 9.97 Å². The van der Waals surface area contributed by atoms with Crippen molar-refractivity contribution in [3.8, 4) is 0 Å². The molecule has 0 unspecified atom stereocenters. The van der Waals surface area contributed by atoms with Gasteiger partial charge in [-0.1, -0.05) is 11.6 Å². The van der Waals surface area contributed by atoms with Crippen molar-refractivity contribution in [2.24, 2.45) is 0 Å². The Balaban J connectivity index is 1.64. The van der Waals surface area contributed by atoms with Crippen LogP contribution in [0.2, 0.25) is 5.02 Å². The largest absolute Gasteiger partial charge is 0.374 e. The van der Waals surface area contributed by atoms with Gasteiger partial charge in [0.2, 0.25) is 5.95 Å². The lowest BCUT2D eigenvalue weighted by Gasteiger charge is -2.37. The molecular formula is C12H16ClN3OS. The van der Waals surface area contributed by atoms with Crippen LogP contribution in [0.3, 0.4) is 0 Å². The van der Waals surface area contributed by atoms with E-state index in [2.05, 4.69) is 15.3 Å². The predicted octanol–water partition coefficient (Wildman–Crippen LogP) is 2.60. The lowest BCUT2D eigenvalue weighted by atomic mass is 9.90. The smallest absolute Gasteiger partial charge is 0.222 e. The predicted molar refractivity (Wildman–Crippen MR) is 74.3 cm³/mol. The molecule has 4 nitrogen and oxygen atoms in total. The minimum Gasteiger partial charge on any atom is -0.374 e. The van der Waals surface area contributed by atoms with E-state index in [0.717, 1.165) is 31.6 Å². The minimum absolute atomic E-state index is 0.0903. The molecule has 2 saturated heterocycles. The monoisotopic (exact) mass is 285 g/mol. The number of hydrogen-bond donors (Lipinski definition) is 1. The maximum atomic E-state index is 5.99. The molecule has 1 N–H and O–H groups in total. The SMILES string of the molecule is Clc1cnc(N[C@H]2CCO[C@@]3(CCSC3)C2)nc1. The van der Waals surface area contributed by atoms with Crippen LogP contribution in [-0.4, -0.2) is 39.7 Å². The van der Waals surface area contributed by atoms with E-state index in [1.54, 1.807) is 12.4 Å². The van der Waals surface area contributed by atoms with E-state index in [0.29, 0.717) is 17.0 Å². The quantitative estimate of drug-likeness (QED) is 0.905. The summed E-state index contributed by atoms with van der Waals surface area (Å²) < 4.78 is 5.99. The van der Waals surface area contributed by atoms with Crippen LogP contribution < -0.4 is 5.32 Å². The lowest BCUT2D eigenvalue weighted by Crippen LogP contribution is -2.44. The second-order valence-electron chi connectivity index (χ2n) is 4.89. The zero-order chi connectivity index (χ0) is 12.4. The molecule has 2 atom stereocenters. The number of nitrogens with one attached hydrogen (secondary N) is 1. The van der Waals surface area contributed by atoms with Gasteiger partial charge in [-0.15, -0.1) is 0 Å². The summed E-state index contributed by atoms with van der Waals surface area (Å²) in [7, 11) is 0. The molecule has 0 aliphatic carbocycles.